The fourth-order valence-corrected chi connectivity index (χ4v) is 6.73. The standard InChI is InChI=1S/C25H26ClF3N8/c26-18-1-2-20-16(5-18)9-35(19-10-34(11-19)15-25(27,28)29)12-22-32-33-23(37(20)22)17-6-24(7-17)13-36(14-24)21-8-30-3-4-31-21/h1-5,8,17,19H,6-7,9-15H2. The van der Waals surface area contributed by atoms with Crippen molar-refractivity contribution in [1.82, 2.24) is 34.5 Å². The van der Waals surface area contributed by atoms with Crippen LogP contribution in [0.4, 0.5) is 19.0 Å². The maximum atomic E-state index is 12.8. The number of hydrogen-bond donors (Lipinski definition) is 0. The van der Waals surface area contributed by atoms with Crippen LogP contribution < -0.4 is 4.90 Å². The summed E-state index contributed by atoms with van der Waals surface area (Å²) in [5, 5.41) is 9.87. The Morgan fingerprint density at radius 2 is 1.86 bits per heavy atom. The zero-order valence-electron chi connectivity index (χ0n) is 20.1. The summed E-state index contributed by atoms with van der Waals surface area (Å²) in [6.07, 6.45) is 3.13. The van der Waals surface area contributed by atoms with Gasteiger partial charge in [-0.25, -0.2) is 4.98 Å². The minimum atomic E-state index is -4.18. The van der Waals surface area contributed by atoms with Crippen LogP contribution in [0.25, 0.3) is 5.69 Å². The highest BCUT2D eigenvalue weighted by molar-refractivity contribution is 6.30. The molecule has 1 aliphatic carbocycles. The molecule has 3 fully saturated rings. The van der Waals surface area contributed by atoms with Crippen molar-refractivity contribution in [3.63, 3.8) is 0 Å². The van der Waals surface area contributed by atoms with Crippen LogP contribution in [0.3, 0.4) is 0 Å². The Morgan fingerprint density at radius 3 is 2.59 bits per heavy atom. The van der Waals surface area contributed by atoms with Gasteiger partial charge in [0.1, 0.15) is 11.6 Å². The van der Waals surface area contributed by atoms with Crippen LogP contribution in [-0.4, -0.2) is 79.5 Å². The van der Waals surface area contributed by atoms with Gasteiger partial charge in [0, 0.05) is 67.5 Å². The molecule has 0 atom stereocenters. The second-order valence-electron chi connectivity index (χ2n) is 11.0. The van der Waals surface area contributed by atoms with E-state index in [0.717, 1.165) is 54.6 Å². The molecule has 37 heavy (non-hydrogen) atoms. The van der Waals surface area contributed by atoms with Crippen molar-refractivity contribution in [2.75, 3.05) is 37.6 Å². The molecule has 8 nitrogen and oxygen atoms in total. The molecule has 2 saturated heterocycles. The van der Waals surface area contributed by atoms with Gasteiger partial charge >= 0.3 is 6.18 Å². The zero-order valence-corrected chi connectivity index (χ0v) is 20.8. The van der Waals surface area contributed by atoms with Crippen molar-refractivity contribution in [2.24, 2.45) is 5.41 Å². The van der Waals surface area contributed by atoms with Crippen molar-refractivity contribution in [3.8, 4) is 5.69 Å². The fourth-order valence-electron chi connectivity index (χ4n) is 6.54. The molecular formula is C25H26ClF3N8. The molecule has 7 rings (SSSR count). The number of nitrogens with zero attached hydrogens (tertiary/aromatic N) is 8. The summed E-state index contributed by atoms with van der Waals surface area (Å²) < 4.78 is 40.6. The van der Waals surface area contributed by atoms with E-state index in [1.165, 1.54) is 4.90 Å². The molecule has 1 spiro atoms. The Morgan fingerprint density at radius 1 is 1.05 bits per heavy atom. The van der Waals surface area contributed by atoms with Crippen LogP contribution in [-0.2, 0) is 13.1 Å². The maximum absolute atomic E-state index is 12.8. The third kappa shape index (κ3) is 4.17. The Hall–Kier alpha value is -2.76. The topological polar surface area (TPSA) is 66.2 Å². The van der Waals surface area contributed by atoms with E-state index in [-0.39, 0.29) is 11.5 Å². The van der Waals surface area contributed by atoms with Gasteiger partial charge in [0.2, 0.25) is 0 Å². The largest absolute Gasteiger partial charge is 0.401 e. The highest BCUT2D eigenvalue weighted by atomic mass is 35.5. The summed E-state index contributed by atoms with van der Waals surface area (Å²) in [7, 11) is 0. The van der Waals surface area contributed by atoms with E-state index < -0.39 is 12.7 Å². The maximum Gasteiger partial charge on any atom is 0.401 e. The summed E-state index contributed by atoms with van der Waals surface area (Å²) in [4.78, 5) is 14.5. The van der Waals surface area contributed by atoms with Crippen LogP contribution in [0.1, 0.15) is 36.0 Å². The van der Waals surface area contributed by atoms with Gasteiger partial charge in [0.05, 0.1) is 25.0 Å². The number of aromatic nitrogens is 5. The van der Waals surface area contributed by atoms with Gasteiger partial charge in [0.15, 0.2) is 5.82 Å². The number of benzene rings is 1. The molecule has 3 aromatic rings. The normalized spacial score (nSPS) is 22.1. The molecule has 1 aromatic carbocycles. The average Bonchev–Trinajstić information content (AvgIpc) is 3.09. The zero-order chi connectivity index (χ0) is 25.4. The Balaban J connectivity index is 1.10. The predicted octanol–water partition coefficient (Wildman–Crippen LogP) is 3.66. The number of alkyl halides is 3. The van der Waals surface area contributed by atoms with E-state index in [0.29, 0.717) is 37.1 Å². The summed E-state index contributed by atoms with van der Waals surface area (Å²) in [5.41, 5.74) is 2.35. The highest BCUT2D eigenvalue weighted by Gasteiger charge is 2.54. The Kier molecular flexibility index (Phi) is 5.29. The number of anilines is 1. The van der Waals surface area contributed by atoms with Crippen LogP contribution in [0.2, 0.25) is 5.02 Å². The first kappa shape index (κ1) is 23.4. The number of hydrogen-bond acceptors (Lipinski definition) is 7. The van der Waals surface area contributed by atoms with E-state index >= 15 is 0 Å². The van der Waals surface area contributed by atoms with Crippen LogP contribution in [0, 0.1) is 5.41 Å². The van der Waals surface area contributed by atoms with Crippen molar-refractivity contribution in [2.45, 2.75) is 44.1 Å². The van der Waals surface area contributed by atoms with E-state index in [1.807, 2.05) is 18.2 Å². The van der Waals surface area contributed by atoms with Crippen LogP contribution in [0.5, 0.6) is 0 Å². The monoisotopic (exact) mass is 530 g/mol. The van der Waals surface area contributed by atoms with Gasteiger partial charge in [-0.05, 0) is 36.6 Å². The minimum Gasteiger partial charge on any atom is -0.354 e. The summed E-state index contributed by atoms with van der Waals surface area (Å²) in [5.74, 6) is 3.03. The highest BCUT2D eigenvalue weighted by Crippen LogP contribution is 2.56. The lowest BCUT2D eigenvalue weighted by molar-refractivity contribution is -0.161. The third-order valence-electron chi connectivity index (χ3n) is 8.26. The molecule has 12 heteroatoms. The molecule has 0 N–H and O–H groups in total. The van der Waals surface area contributed by atoms with Crippen molar-refractivity contribution in [1.29, 1.82) is 0 Å². The van der Waals surface area contributed by atoms with Crippen LogP contribution in [0.15, 0.2) is 36.8 Å². The molecule has 5 heterocycles. The Labute approximate surface area is 217 Å². The first-order valence-corrected chi connectivity index (χ1v) is 12.9. The molecule has 4 aliphatic rings. The first-order valence-electron chi connectivity index (χ1n) is 12.5. The second-order valence-corrected chi connectivity index (χ2v) is 11.4. The third-order valence-corrected chi connectivity index (χ3v) is 8.50. The average molecular weight is 531 g/mol. The van der Waals surface area contributed by atoms with Gasteiger partial charge in [-0.1, -0.05) is 11.6 Å². The molecule has 0 amide bonds. The van der Waals surface area contributed by atoms with Gasteiger partial charge in [-0.2, -0.15) is 13.2 Å². The van der Waals surface area contributed by atoms with E-state index in [1.54, 1.807) is 18.6 Å². The molecule has 0 unspecified atom stereocenters. The van der Waals surface area contributed by atoms with Crippen molar-refractivity contribution < 1.29 is 13.2 Å². The lowest BCUT2D eigenvalue weighted by Crippen LogP contribution is -2.62. The summed E-state index contributed by atoms with van der Waals surface area (Å²) in [6.45, 7) is 3.02. The minimum absolute atomic E-state index is 0.0369. The van der Waals surface area contributed by atoms with Gasteiger partial charge in [-0.15, -0.1) is 10.2 Å². The predicted molar refractivity (Wildman–Crippen MR) is 131 cm³/mol. The molecule has 0 radical (unpaired) electrons. The molecular weight excluding hydrogens is 505 g/mol. The lowest BCUT2D eigenvalue weighted by Gasteiger charge is -2.59. The molecule has 3 aliphatic heterocycles. The van der Waals surface area contributed by atoms with Gasteiger partial charge in [0.25, 0.3) is 0 Å². The second kappa shape index (κ2) is 8.37. The number of rotatable bonds is 4. The molecule has 0 bridgehead atoms. The van der Waals surface area contributed by atoms with E-state index in [2.05, 4.69) is 34.5 Å². The summed E-state index contributed by atoms with van der Waals surface area (Å²) >= 11 is 6.36. The molecule has 194 valence electrons. The molecule has 1 saturated carbocycles. The smallest absolute Gasteiger partial charge is 0.354 e. The van der Waals surface area contributed by atoms with Crippen molar-refractivity contribution >= 4 is 17.4 Å². The lowest BCUT2D eigenvalue weighted by atomic mass is 9.57. The van der Waals surface area contributed by atoms with E-state index in [9.17, 15) is 13.2 Å². The van der Waals surface area contributed by atoms with Gasteiger partial charge < -0.3 is 4.90 Å². The number of fused-ring (bicyclic) bond motifs is 3. The number of likely N-dealkylation sites (tertiary alicyclic amines) is 1. The van der Waals surface area contributed by atoms with Gasteiger partial charge in [-0.3, -0.25) is 19.4 Å². The number of halogens is 4. The SMILES string of the molecule is FC(F)(F)CN1CC(N2Cc3cc(Cl)ccc3-n3c(nnc3C3CC4(C3)CN(c3cnccn3)C4)C2)C1. The first-order chi connectivity index (χ1) is 17.8. The van der Waals surface area contributed by atoms with Crippen molar-refractivity contribution in [3.05, 3.63) is 59.0 Å². The fraction of sp³-hybridized carbons (Fsp3) is 0.520. The molecule has 2 aromatic heterocycles. The van der Waals surface area contributed by atoms with E-state index in [4.69, 9.17) is 11.6 Å². The summed E-state index contributed by atoms with van der Waals surface area (Å²) in [6, 6.07) is 5.89. The Bertz CT molecular complexity index is 1310. The van der Waals surface area contributed by atoms with Crippen LogP contribution >= 0.6 is 11.6 Å². The quantitative estimate of drug-likeness (QED) is 0.510.